The van der Waals surface area contributed by atoms with Crippen molar-refractivity contribution in [1.29, 1.82) is 0 Å². The number of para-hydroxylation sites is 2. The predicted molar refractivity (Wildman–Crippen MR) is 132 cm³/mol. The Morgan fingerprint density at radius 1 is 1.00 bits per heavy atom. The summed E-state index contributed by atoms with van der Waals surface area (Å²) in [6.45, 7) is 1.69. The van der Waals surface area contributed by atoms with E-state index in [1.165, 1.54) is 4.90 Å². The maximum Gasteiger partial charge on any atom is 0.327 e. The number of rotatable bonds is 8. The normalized spacial score (nSPS) is 17.7. The molecule has 1 unspecified atom stereocenters. The van der Waals surface area contributed by atoms with E-state index in [-0.39, 0.29) is 5.91 Å². The van der Waals surface area contributed by atoms with Crippen molar-refractivity contribution in [3.05, 3.63) is 60.2 Å². The lowest BCUT2D eigenvalue weighted by molar-refractivity contribution is -0.156. The maximum absolute atomic E-state index is 13.3. The highest BCUT2D eigenvalue weighted by Gasteiger charge is 2.56. The average molecular weight is 494 g/mol. The Morgan fingerprint density at radius 3 is 2.36 bits per heavy atom. The molecule has 4 amide bonds. The van der Waals surface area contributed by atoms with Gasteiger partial charge in [-0.15, -0.1) is 0 Å². The lowest BCUT2D eigenvalue weighted by Gasteiger charge is -2.35. The fraction of sp³-hybridized carbons (Fsp3) is 0.407. The van der Waals surface area contributed by atoms with Gasteiger partial charge >= 0.3 is 12.0 Å². The van der Waals surface area contributed by atoms with E-state index in [2.05, 4.69) is 5.32 Å². The second-order valence-electron chi connectivity index (χ2n) is 9.02. The summed E-state index contributed by atoms with van der Waals surface area (Å²) in [7, 11) is 1.60. The SMILES string of the molecule is CCOc1ccccc1NC(=O)C(OC(=O)CN1C(=O)N(C)C2(CCCCC2)C1=O)c1ccccc1. The Morgan fingerprint density at radius 2 is 1.67 bits per heavy atom. The summed E-state index contributed by atoms with van der Waals surface area (Å²) in [6, 6.07) is 15.0. The molecule has 2 aliphatic rings. The average Bonchev–Trinajstić information content (AvgIpc) is 3.05. The molecule has 1 saturated heterocycles. The second-order valence-corrected chi connectivity index (χ2v) is 9.02. The number of esters is 1. The Balaban J connectivity index is 1.51. The minimum atomic E-state index is -1.29. The van der Waals surface area contributed by atoms with Crippen molar-refractivity contribution in [2.45, 2.75) is 50.7 Å². The number of carbonyl (C=O) groups is 4. The van der Waals surface area contributed by atoms with Gasteiger partial charge in [0.1, 0.15) is 17.8 Å². The van der Waals surface area contributed by atoms with Gasteiger partial charge in [-0.25, -0.2) is 4.79 Å². The lowest BCUT2D eigenvalue weighted by Crippen LogP contribution is -2.49. The van der Waals surface area contributed by atoms with Crippen LogP contribution in [0.3, 0.4) is 0 Å². The molecular formula is C27H31N3O6. The molecule has 9 heteroatoms. The third-order valence-corrected chi connectivity index (χ3v) is 6.81. The van der Waals surface area contributed by atoms with Crippen LogP contribution in [0.4, 0.5) is 10.5 Å². The van der Waals surface area contributed by atoms with E-state index in [9.17, 15) is 19.2 Å². The van der Waals surface area contributed by atoms with Gasteiger partial charge in [-0.05, 0) is 31.9 Å². The van der Waals surface area contributed by atoms with E-state index >= 15 is 0 Å². The Kier molecular flexibility index (Phi) is 7.57. The zero-order chi connectivity index (χ0) is 25.7. The van der Waals surface area contributed by atoms with Gasteiger partial charge in [-0.3, -0.25) is 19.3 Å². The van der Waals surface area contributed by atoms with Crippen LogP contribution in [0, 0.1) is 0 Å². The molecule has 0 bridgehead atoms. The predicted octanol–water partition coefficient (Wildman–Crippen LogP) is 3.91. The summed E-state index contributed by atoms with van der Waals surface area (Å²) in [6.07, 6.45) is 2.58. The number of hydrogen-bond donors (Lipinski definition) is 1. The Bertz CT molecular complexity index is 1130. The summed E-state index contributed by atoms with van der Waals surface area (Å²) in [5.74, 6) is -1.32. The van der Waals surface area contributed by atoms with Crippen molar-refractivity contribution in [3.8, 4) is 5.75 Å². The number of anilines is 1. The highest BCUT2D eigenvalue weighted by Crippen LogP contribution is 2.39. The van der Waals surface area contributed by atoms with Crippen molar-refractivity contribution in [2.75, 3.05) is 25.5 Å². The third-order valence-electron chi connectivity index (χ3n) is 6.81. The minimum Gasteiger partial charge on any atom is -0.492 e. The van der Waals surface area contributed by atoms with Gasteiger partial charge in [0.15, 0.2) is 0 Å². The molecule has 2 aromatic rings. The largest absolute Gasteiger partial charge is 0.492 e. The number of urea groups is 1. The second kappa shape index (κ2) is 10.8. The van der Waals surface area contributed by atoms with Crippen LogP contribution in [0.25, 0.3) is 0 Å². The van der Waals surface area contributed by atoms with E-state index < -0.39 is 36.1 Å². The number of nitrogens with zero attached hydrogens (tertiary/aromatic N) is 2. The summed E-state index contributed by atoms with van der Waals surface area (Å²) in [4.78, 5) is 54.8. The standard InChI is InChI=1S/C27H31N3O6/c1-3-35-21-15-9-8-14-20(21)28-24(32)23(19-12-6-4-7-13-19)36-22(31)18-30-25(33)27(29(2)26(30)34)16-10-5-11-17-27/h4,6-9,12-15,23H,3,5,10-11,16-18H2,1-2H3,(H,28,32). The Hall–Kier alpha value is -3.88. The molecule has 1 aliphatic carbocycles. The maximum atomic E-state index is 13.3. The highest BCUT2D eigenvalue weighted by atomic mass is 16.5. The summed E-state index contributed by atoms with van der Waals surface area (Å²) in [5, 5.41) is 2.77. The smallest absolute Gasteiger partial charge is 0.327 e. The van der Waals surface area contributed by atoms with E-state index in [1.54, 1.807) is 61.6 Å². The molecular weight excluding hydrogens is 462 g/mol. The van der Waals surface area contributed by atoms with Crippen molar-refractivity contribution >= 4 is 29.5 Å². The fourth-order valence-corrected chi connectivity index (χ4v) is 4.92. The topological polar surface area (TPSA) is 105 Å². The van der Waals surface area contributed by atoms with E-state index in [0.29, 0.717) is 36.4 Å². The first kappa shape index (κ1) is 25.2. The number of amides is 4. The zero-order valence-corrected chi connectivity index (χ0v) is 20.6. The number of hydrogen-bond acceptors (Lipinski definition) is 6. The van der Waals surface area contributed by atoms with Crippen LogP contribution in [0.1, 0.15) is 50.7 Å². The molecule has 2 fully saturated rings. The molecule has 0 aromatic heterocycles. The molecule has 9 nitrogen and oxygen atoms in total. The van der Waals surface area contributed by atoms with Crippen molar-refractivity contribution < 1.29 is 28.7 Å². The quantitative estimate of drug-likeness (QED) is 0.442. The molecule has 0 radical (unpaired) electrons. The molecule has 2 aromatic carbocycles. The van der Waals surface area contributed by atoms with Gasteiger partial charge in [0.25, 0.3) is 11.8 Å². The van der Waals surface area contributed by atoms with Crippen LogP contribution in [-0.4, -0.2) is 59.4 Å². The van der Waals surface area contributed by atoms with Crippen LogP contribution in [0.2, 0.25) is 0 Å². The highest BCUT2D eigenvalue weighted by molar-refractivity contribution is 6.08. The van der Waals surface area contributed by atoms with Gasteiger partial charge in [-0.2, -0.15) is 0 Å². The van der Waals surface area contributed by atoms with Gasteiger partial charge in [0, 0.05) is 12.6 Å². The zero-order valence-electron chi connectivity index (χ0n) is 20.6. The molecule has 1 atom stereocenters. The summed E-state index contributed by atoms with van der Waals surface area (Å²) < 4.78 is 11.2. The van der Waals surface area contributed by atoms with Crippen LogP contribution < -0.4 is 10.1 Å². The first-order valence-corrected chi connectivity index (χ1v) is 12.2. The van der Waals surface area contributed by atoms with Gasteiger partial charge in [0.2, 0.25) is 6.10 Å². The fourth-order valence-electron chi connectivity index (χ4n) is 4.92. The van der Waals surface area contributed by atoms with Crippen molar-refractivity contribution in [1.82, 2.24) is 9.80 Å². The summed E-state index contributed by atoms with van der Waals surface area (Å²) >= 11 is 0. The first-order chi connectivity index (χ1) is 17.4. The summed E-state index contributed by atoms with van der Waals surface area (Å²) in [5.41, 5.74) is -0.00119. The molecule has 1 N–H and O–H groups in total. The minimum absolute atomic E-state index is 0.377. The molecule has 1 spiro atoms. The van der Waals surface area contributed by atoms with Gasteiger partial charge in [0.05, 0.1) is 12.3 Å². The van der Waals surface area contributed by atoms with Crippen molar-refractivity contribution in [2.24, 2.45) is 0 Å². The van der Waals surface area contributed by atoms with Crippen LogP contribution >= 0.6 is 0 Å². The number of benzene rings is 2. The molecule has 4 rings (SSSR count). The van der Waals surface area contributed by atoms with Gasteiger partial charge in [-0.1, -0.05) is 61.7 Å². The lowest BCUT2D eigenvalue weighted by atomic mass is 9.81. The number of carbonyl (C=O) groups excluding carboxylic acids is 4. The molecule has 1 aliphatic heterocycles. The third kappa shape index (κ3) is 4.91. The Labute approximate surface area is 210 Å². The molecule has 36 heavy (non-hydrogen) atoms. The monoisotopic (exact) mass is 493 g/mol. The van der Waals surface area contributed by atoms with E-state index in [1.807, 2.05) is 6.92 Å². The number of likely N-dealkylation sites (N-methyl/N-ethyl adjacent to an activating group) is 1. The number of nitrogens with one attached hydrogen (secondary N) is 1. The van der Waals surface area contributed by atoms with Crippen LogP contribution in [0.5, 0.6) is 5.75 Å². The van der Waals surface area contributed by atoms with Crippen molar-refractivity contribution in [3.63, 3.8) is 0 Å². The molecule has 190 valence electrons. The number of ether oxygens (including phenoxy) is 2. The number of imide groups is 1. The molecule has 1 heterocycles. The van der Waals surface area contributed by atoms with E-state index in [0.717, 1.165) is 24.2 Å². The molecule has 1 saturated carbocycles. The van der Waals surface area contributed by atoms with E-state index in [4.69, 9.17) is 9.47 Å². The first-order valence-electron chi connectivity index (χ1n) is 12.2. The van der Waals surface area contributed by atoms with Crippen LogP contribution in [-0.2, 0) is 19.1 Å². The van der Waals surface area contributed by atoms with Gasteiger partial charge < -0.3 is 19.7 Å². The van der Waals surface area contributed by atoms with Crippen LogP contribution in [0.15, 0.2) is 54.6 Å².